The third-order valence-corrected chi connectivity index (χ3v) is 3.94. The number of nitro groups is 1. The Balaban J connectivity index is 2.35. The van der Waals surface area contributed by atoms with Gasteiger partial charge in [0, 0.05) is 35.7 Å². The van der Waals surface area contributed by atoms with Crippen molar-refractivity contribution in [3.8, 4) is 0 Å². The number of hydrogen-bond donors (Lipinski definition) is 0. The molecule has 104 valence electrons. The lowest BCUT2D eigenvalue weighted by atomic mass is 10.1. The molecule has 2 atom stereocenters. The van der Waals surface area contributed by atoms with Gasteiger partial charge >= 0.3 is 0 Å². The fourth-order valence-electron chi connectivity index (χ4n) is 2.31. The molecule has 1 aromatic rings. The molecule has 5 nitrogen and oxygen atoms in total. The van der Waals surface area contributed by atoms with Gasteiger partial charge in [0.1, 0.15) is 0 Å². The molecule has 1 fully saturated rings. The van der Waals surface area contributed by atoms with E-state index >= 15 is 0 Å². The van der Waals surface area contributed by atoms with Gasteiger partial charge in [-0.3, -0.25) is 10.1 Å². The van der Waals surface area contributed by atoms with E-state index in [0.29, 0.717) is 11.9 Å². The van der Waals surface area contributed by atoms with Crippen molar-refractivity contribution in [2.75, 3.05) is 18.1 Å². The van der Waals surface area contributed by atoms with Crippen molar-refractivity contribution in [3.63, 3.8) is 0 Å². The molecule has 2 unspecified atom stereocenters. The molecule has 1 aromatic carbocycles. The van der Waals surface area contributed by atoms with Gasteiger partial charge in [-0.2, -0.15) is 0 Å². The van der Waals surface area contributed by atoms with Crippen LogP contribution in [0.5, 0.6) is 0 Å². The molecule has 1 aliphatic rings. The summed E-state index contributed by atoms with van der Waals surface area (Å²) in [6.07, 6.45) is 0.176. The van der Waals surface area contributed by atoms with Crippen LogP contribution < -0.4 is 4.90 Å². The number of anilines is 1. The minimum atomic E-state index is -0.360. The molecular formula is C13H17BrN2O3. The van der Waals surface area contributed by atoms with E-state index in [0.717, 1.165) is 17.8 Å². The first-order valence-corrected chi connectivity index (χ1v) is 7.36. The number of morpholine rings is 1. The van der Waals surface area contributed by atoms with E-state index in [1.54, 1.807) is 12.1 Å². The van der Waals surface area contributed by atoms with Crippen LogP contribution in [-0.4, -0.2) is 30.2 Å². The van der Waals surface area contributed by atoms with Crippen LogP contribution in [0, 0.1) is 10.1 Å². The molecule has 0 aromatic heterocycles. The van der Waals surface area contributed by atoms with E-state index < -0.39 is 0 Å². The summed E-state index contributed by atoms with van der Waals surface area (Å²) in [5, 5.41) is 11.4. The summed E-state index contributed by atoms with van der Waals surface area (Å²) in [5.74, 6) is 0. The normalized spacial score (nSPS) is 23.4. The lowest BCUT2D eigenvalue weighted by Gasteiger charge is -2.39. The Morgan fingerprint density at radius 2 is 2.26 bits per heavy atom. The summed E-state index contributed by atoms with van der Waals surface area (Å²) in [4.78, 5) is 12.7. The quantitative estimate of drug-likeness (QED) is 0.486. The number of benzene rings is 1. The third-order valence-electron chi connectivity index (χ3n) is 3.34. The maximum Gasteiger partial charge on any atom is 0.269 e. The highest BCUT2D eigenvalue weighted by molar-refractivity contribution is 9.08. The smallest absolute Gasteiger partial charge is 0.269 e. The Hall–Kier alpha value is -1.14. The molecule has 0 spiro atoms. The minimum absolute atomic E-state index is 0.132. The molecule has 1 saturated heterocycles. The molecule has 0 saturated carbocycles. The van der Waals surface area contributed by atoms with Crippen molar-refractivity contribution in [1.29, 1.82) is 0 Å². The number of hydrogen-bond acceptors (Lipinski definition) is 4. The zero-order valence-corrected chi connectivity index (χ0v) is 12.6. The molecule has 0 radical (unpaired) electrons. The Morgan fingerprint density at radius 1 is 1.53 bits per heavy atom. The summed E-state index contributed by atoms with van der Waals surface area (Å²) in [5.41, 5.74) is 2.12. The zero-order valence-electron chi connectivity index (χ0n) is 11.0. The number of non-ortho nitro benzene ring substituents is 1. The maximum atomic E-state index is 10.8. The molecule has 1 heterocycles. The number of ether oxygens (including phenoxy) is 1. The average molecular weight is 329 g/mol. The molecular weight excluding hydrogens is 312 g/mol. The topological polar surface area (TPSA) is 55.6 Å². The first-order valence-electron chi connectivity index (χ1n) is 6.24. The lowest BCUT2D eigenvalue weighted by Crippen LogP contribution is -2.47. The molecule has 0 bridgehead atoms. The predicted molar refractivity (Wildman–Crippen MR) is 77.9 cm³/mol. The molecule has 1 aliphatic heterocycles. The van der Waals surface area contributed by atoms with Crippen molar-refractivity contribution in [1.82, 2.24) is 0 Å². The summed E-state index contributed by atoms with van der Waals surface area (Å²) in [6, 6.07) is 5.31. The largest absolute Gasteiger partial charge is 0.375 e. The third kappa shape index (κ3) is 3.06. The Morgan fingerprint density at radius 3 is 2.89 bits per heavy atom. The zero-order chi connectivity index (χ0) is 14.0. The van der Waals surface area contributed by atoms with Gasteiger partial charge in [0.15, 0.2) is 0 Å². The van der Waals surface area contributed by atoms with Gasteiger partial charge in [0.25, 0.3) is 5.69 Å². The summed E-state index contributed by atoms with van der Waals surface area (Å²) < 4.78 is 5.62. The van der Waals surface area contributed by atoms with Crippen LogP contribution in [-0.2, 0) is 10.1 Å². The highest BCUT2D eigenvalue weighted by Crippen LogP contribution is 2.30. The predicted octanol–water partition coefficient (Wildman–Crippen LogP) is 3.10. The highest BCUT2D eigenvalue weighted by Gasteiger charge is 2.25. The highest BCUT2D eigenvalue weighted by atomic mass is 79.9. The average Bonchev–Trinajstić information content (AvgIpc) is 2.40. The number of nitrogens with zero attached hydrogens (tertiary/aromatic N) is 2. The molecule has 6 heteroatoms. The fourth-order valence-corrected chi connectivity index (χ4v) is 2.76. The van der Waals surface area contributed by atoms with Gasteiger partial charge in [-0.1, -0.05) is 15.9 Å². The van der Waals surface area contributed by atoms with Gasteiger partial charge < -0.3 is 9.64 Å². The van der Waals surface area contributed by atoms with Gasteiger partial charge in [0.2, 0.25) is 0 Å². The number of nitro benzene ring substituents is 1. The van der Waals surface area contributed by atoms with Crippen LogP contribution in [0.3, 0.4) is 0 Å². The monoisotopic (exact) mass is 328 g/mol. The van der Waals surface area contributed by atoms with Gasteiger partial charge in [0.05, 0.1) is 17.6 Å². The van der Waals surface area contributed by atoms with E-state index in [-0.39, 0.29) is 22.8 Å². The standard InChI is InChI=1S/C13H17BrN2O3/c1-9-8-19-10(2)7-15(9)13-4-3-12(16(17)18)5-11(13)6-14/h3-5,9-10H,6-8H2,1-2H3. The van der Waals surface area contributed by atoms with Crippen LogP contribution in [0.4, 0.5) is 11.4 Å². The second-order valence-electron chi connectivity index (χ2n) is 4.85. The van der Waals surface area contributed by atoms with Gasteiger partial charge in [-0.25, -0.2) is 0 Å². The Bertz CT molecular complexity index is 481. The Kier molecular flexibility index (Phi) is 4.42. The van der Waals surface area contributed by atoms with Crippen LogP contribution in [0.25, 0.3) is 0 Å². The first kappa shape index (κ1) is 14.3. The van der Waals surface area contributed by atoms with E-state index in [4.69, 9.17) is 4.74 Å². The van der Waals surface area contributed by atoms with E-state index in [1.165, 1.54) is 0 Å². The van der Waals surface area contributed by atoms with Crippen molar-refractivity contribution >= 4 is 27.3 Å². The molecule has 19 heavy (non-hydrogen) atoms. The molecule has 0 amide bonds. The van der Waals surface area contributed by atoms with E-state index in [2.05, 4.69) is 27.8 Å². The van der Waals surface area contributed by atoms with E-state index in [9.17, 15) is 10.1 Å². The molecule has 0 N–H and O–H groups in total. The summed E-state index contributed by atoms with van der Waals surface area (Å²) in [6.45, 7) is 5.63. The van der Waals surface area contributed by atoms with Crippen molar-refractivity contribution in [2.45, 2.75) is 31.3 Å². The van der Waals surface area contributed by atoms with Crippen LogP contribution >= 0.6 is 15.9 Å². The van der Waals surface area contributed by atoms with Gasteiger partial charge in [-0.15, -0.1) is 0 Å². The Labute approximate surface area is 120 Å². The van der Waals surface area contributed by atoms with Crippen LogP contribution in [0.1, 0.15) is 19.4 Å². The van der Waals surface area contributed by atoms with Crippen LogP contribution in [0.2, 0.25) is 0 Å². The molecule has 0 aliphatic carbocycles. The van der Waals surface area contributed by atoms with Crippen LogP contribution in [0.15, 0.2) is 18.2 Å². The summed E-state index contributed by atoms with van der Waals surface area (Å²) in [7, 11) is 0. The number of alkyl halides is 1. The van der Waals surface area contributed by atoms with Crippen molar-refractivity contribution < 1.29 is 9.66 Å². The van der Waals surface area contributed by atoms with Crippen molar-refractivity contribution in [3.05, 3.63) is 33.9 Å². The first-order chi connectivity index (χ1) is 9.02. The minimum Gasteiger partial charge on any atom is -0.375 e. The maximum absolute atomic E-state index is 10.8. The fraction of sp³-hybridized carbons (Fsp3) is 0.538. The lowest BCUT2D eigenvalue weighted by molar-refractivity contribution is -0.384. The SMILES string of the molecule is CC1CN(c2ccc([N+](=O)[O-])cc2CBr)C(C)CO1. The molecule has 2 rings (SSSR count). The summed E-state index contributed by atoms with van der Waals surface area (Å²) >= 11 is 3.41. The second kappa shape index (κ2) is 5.88. The van der Waals surface area contributed by atoms with E-state index in [1.807, 2.05) is 13.0 Å². The second-order valence-corrected chi connectivity index (χ2v) is 5.41. The number of halogens is 1. The van der Waals surface area contributed by atoms with Crippen molar-refractivity contribution in [2.24, 2.45) is 0 Å². The van der Waals surface area contributed by atoms with Gasteiger partial charge in [-0.05, 0) is 25.5 Å². The number of rotatable bonds is 3.